The van der Waals surface area contributed by atoms with E-state index in [1.54, 1.807) is 6.07 Å². The summed E-state index contributed by atoms with van der Waals surface area (Å²) in [7, 11) is 1.92. The number of carbonyl (C=O) groups is 1. The Morgan fingerprint density at radius 1 is 1.11 bits per heavy atom. The Labute approximate surface area is 215 Å². The molecule has 3 atom stereocenters. The third kappa shape index (κ3) is 8.96. The lowest BCUT2D eigenvalue weighted by molar-refractivity contribution is -0.0186. The van der Waals surface area contributed by atoms with E-state index < -0.39 is 17.7 Å². The van der Waals surface area contributed by atoms with Gasteiger partial charge in [-0.25, -0.2) is 13.6 Å². The van der Waals surface area contributed by atoms with Gasteiger partial charge in [0.05, 0.1) is 6.10 Å². The van der Waals surface area contributed by atoms with Gasteiger partial charge in [0.2, 0.25) is 0 Å². The first-order valence-corrected chi connectivity index (χ1v) is 13.9. The minimum atomic E-state index is -0.876. The van der Waals surface area contributed by atoms with Crippen molar-refractivity contribution in [3.05, 3.63) is 35.4 Å². The van der Waals surface area contributed by atoms with E-state index in [0.717, 1.165) is 38.3 Å². The van der Waals surface area contributed by atoms with Crippen LogP contribution in [0.5, 0.6) is 0 Å². The van der Waals surface area contributed by atoms with Crippen molar-refractivity contribution in [2.24, 2.45) is 11.8 Å². The van der Waals surface area contributed by atoms with Gasteiger partial charge in [-0.05, 0) is 63.3 Å². The highest BCUT2D eigenvalue weighted by atomic mass is 19.2. The van der Waals surface area contributed by atoms with Gasteiger partial charge in [0.15, 0.2) is 11.6 Å². The van der Waals surface area contributed by atoms with E-state index in [1.807, 2.05) is 18.9 Å². The predicted octanol–water partition coefficient (Wildman–Crippen LogP) is 5.43. The molecule has 0 radical (unpaired) electrons. The van der Waals surface area contributed by atoms with E-state index in [4.69, 9.17) is 9.47 Å². The number of hydrogen-bond acceptors (Lipinski definition) is 4. The summed E-state index contributed by atoms with van der Waals surface area (Å²) in [6, 6.07) is 4.04. The number of nitrogens with zero attached hydrogens (tertiary/aromatic N) is 1. The average molecular weight is 510 g/mol. The van der Waals surface area contributed by atoms with Gasteiger partial charge in [-0.15, -0.1) is 0 Å². The largest absolute Gasteiger partial charge is 0.382 e. The van der Waals surface area contributed by atoms with E-state index in [-0.39, 0.29) is 18.0 Å². The van der Waals surface area contributed by atoms with Gasteiger partial charge < -0.3 is 25.0 Å². The molecule has 0 bridgehead atoms. The molecular weight excluding hydrogens is 464 g/mol. The highest BCUT2D eigenvalue weighted by Crippen LogP contribution is 2.34. The molecule has 1 aromatic carbocycles. The molecule has 2 N–H and O–H groups in total. The van der Waals surface area contributed by atoms with Crippen LogP contribution in [0.3, 0.4) is 0 Å². The lowest BCUT2D eigenvalue weighted by atomic mass is 9.85. The number of urea groups is 1. The van der Waals surface area contributed by atoms with E-state index in [1.165, 1.54) is 38.2 Å². The number of nitrogens with one attached hydrogen (secondary N) is 2. The van der Waals surface area contributed by atoms with Crippen LogP contribution in [0.1, 0.15) is 76.4 Å². The van der Waals surface area contributed by atoms with E-state index in [2.05, 4.69) is 10.6 Å². The summed E-state index contributed by atoms with van der Waals surface area (Å²) >= 11 is 0. The number of hydrogen-bond donors (Lipinski definition) is 2. The number of likely N-dealkylation sites (N-methyl/N-ethyl adjacent to an activating group) is 1. The van der Waals surface area contributed by atoms with Crippen LogP contribution in [0, 0.1) is 23.5 Å². The van der Waals surface area contributed by atoms with Crippen molar-refractivity contribution in [1.82, 2.24) is 15.5 Å². The number of likely N-dealkylation sites (tertiary alicyclic amines) is 1. The fourth-order valence-corrected chi connectivity index (χ4v) is 5.68. The fraction of sp³-hybridized carbons (Fsp3) is 0.750. The summed E-state index contributed by atoms with van der Waals surface area (Å²) in [6.45, 7) is 5.60. The Morgan fingerprint density at radius 2 is 1.92 bits per heavy atom. The highest BCUT2D eigenvalue weighted by Gasteiger charge is 2.32. The third-order valence-electron chi connectivity index (χ3n) is 7.50. The number of carbonyl (C=O) groups excluding carboxylic acids is 1. The Kier molecular flexibility index (Phi) is 12.4. The van der Waals surface area contributed by atoms with Gasteiger partial charge >= 0.3 is 6.03 Å². The van der Waals surface area contributed by atoms with Crippen LogP contribution in [0.25, 0.3) is 0 Å². The summed E-state index contributed by atoms with van der Waals surface area (Å²) in [5.41, 5.74) is 0.614. The highest BCUT2D eigenvalue weighted by molar-refractivity contribution is 5.74. The Bertz CT molecular complexity index is 791. The van der Waals surface area contributed by atoms with Crippen LogP contribution in [0.2, 0.25) is 0 Å². The first kappa shape index (κ1) is 28.8. The van der Waals surface area contributed by atoms with Gasteiger partial charge in [-0.3, -0.25) is 0 Å². The zero-order valence-corrected chi connectivity index (χ0v) is 22.1. The Hall–Kier alpha value is -1.77. The zero-order chi connectivity index (χ0) is 25.8. The average Bonchev–Trinajstić information content (AvgIpc) is 2.89. The summed E-state index contributed by atoms with van der Waals surface area (Å²) in [4.78, 5) is 15.2. The first-order chi connectivity index (χ1) is 17.5. The smallest absolute Gasteiger partial charge is 0.317 e. The molecular formula is C28H45F2N3O3. The van der Waals surface area contributed by atoms with E-state index in [0.29, 0.717) is 44.4 Å². The molecule has 2 fully saturated rings. The van der Waals surface area contributed by atoms with Crippen LogP contribution in [-0.4, -0.2) is 63.5 Å². The molecule has 204 valence electrons. The summed E-state index contributed by atoms with van der Waals surface area (Å²) in [6.07, 6.45) is 9.41. The molecule has 1 unspecified atom stereocenters. The quantitative estimate of drug-likeness (QED) is 0.348. The van der Waals surface area contributed by atoms with E-state index >= 15 is 0 Å². The van der Waals surface area contributed by atoms with Gasteiger partial charge in [0.25, 0.3) is 0 Å². The van der Waals surface area contributed by atoms with Crippen molar-refractivity contribution < 1.29 is 23.0 Å². The maximum Gasteiger partial charge on any atom is 0.317 e. The number of benzene rings is 1. The second-order valence-electron chi connectivity index (χ2n) is 10.3. The van der Waals surface area contributed by atoms with Gasteiger partial charge in [0, 0.05) is 51.4 Å². The lowest BCUT2D eigenvalue weighted by Crippen LogP contribution is -2.52. The molecule has 1 aromatic rings. The Balaban J connectivity index is 1.63. The van der Waals surface area contributed by atoms with Crippen molar-refractivity contribution >= 4 is 6.03 Å². The molecule has 36 heavy (non-hydrogen) atoms. The minimum Gasteiger partial charge on any atom is -0.382 e. The van der Waals surface area contributed by atoms with Crippen LogP contribution in [0.15, 0.2) is 18.2 Å². The van der Waals surface area contributed by atoms with Crippen LogP contribution in [0.4, 0.5) is 13.6 Å². The topological polar surface area (TPSA) is 62.8 Å². The standard InChI is InChI=1S/C28H45F2N3O3/c1-3-35-15-8-16-36-27(22-12-13-25(29)26(30)18-22)23-11-7-14-33(20-23)28(34)32-24(19-31-2)17-21-9-5-4-6-10-21/h12-13,18,21,23-24,27,31H,3-11,14-17,19-20H2,1-2H3,(H,32,34)/t23-,24+,27?/m1/s1. The molecule has 2 amide bonds. The molecule has 1 heterocycles. The first-order valence-electron chi connectivity index (χ1n) is 13.9. The van der Waals surface area contributed by atoms with Crippen molar-refractivity contribution in [1.29, 1.82) is 0 Å². The van der Waals surface area contributed by atoms with Crippen LogP contribution >= 0.6 is 0 Å². The molecule has 2 aliphatic rings. The maximum absolute atomic E-state index is 14.1. The molecule has 8 heteroatoms. The minimum absolute atomic E-state index is 0.00236. The van der Waals surface area contributed by atoms with Gasteiger partial charge in [-0.1, -0.05) is 38.2 Å². The number of halogens is 2. The second kappa shape index (κ2) is 15.5. The number of piperidine rings is 1. The monoisotopic (exact) mass is 509 g/mol. The number of rotatable bonds is 13. The normalized spacial score (nSPS) is 20.8. The molecule has 1 saturated carbocycles. The molecule has 3 rings (SSSR count). The number of ether oxygens (including phenoxy) is 2. The summed E-state index contributed by atoms with van der Waals surface area (Å²) < 4.78 is 39.3. The van der Waals surface area contributed by atoms with Crippen LogP contribution in [-0.2, 0) is 9.47 Å². The van der Waals surface area contributed by atoms with Crippen LogP contribution < -0.4 is 10.6 Å². The molecule has 1 aliphatic heterocycles. The SMILES string of the molecule is CCOCCCOC(c1ccc(F)c(F)c1)[C@@H]1CCCN(C(=O)N[C@H](CNC)CC2CCCCC2)C1. The van der Waals surface area contributed by atoms with Gasteiger partial charge in [0.1, 0.15) is 0 Å². The molecule has 0 spiro atoms. The molecule has 1 saturated heterocycles. The number of amides is 2. The van der Waals surface area contributed by atoms with E-state index in [9.17, 15) is 13.6 Å². The molecule has 6 nitrogen and oxygen atoms in total. The maximum atomic E-state index is 14.1. The predicted molar refractivity (Wildman–Crippen MR) is 138 cm³/mol. The third-order valence-corrected chi connectivity index (χ3v) is 7.50. The second-order valence-corrected chi connectivity index (χ2v) is 10.3. The van der Waals surface area contributed by atoms with Crippen molar-refractivity contribution in [2.45, 2.75) is 76.9 Å². The van der Waals surface area contributed by atoms with Crippen molar-refractivity contribution in [3.8, 4) is 0 Å². The summed E-state index contributed by atoms with van der Waals surface area (Å²) in [5.74, 6) is -1.07. The zero-order valence-electron chi connectivity index (χ0n) is 22.1. The van der Waals surface area contributed by atoms with Crippen molar-refractivity contribution in [2.75, 3.05) is 46.5 Å². The molecule has 1 aliphatic carbocycles. The summed E-state index contributed by atoms with van der Waals surface area (Å²) in [5, 5.41) is 6.51. The van der Waals surface area contributed by atoms with Crippen molar-refractivity contribution in [3.63, 3.8) is 0 Å². The van der Waals surface area contributed by atoms with Gasteiger partial charge in [-0.2, -0.15) is 0 Å². The fourth-order valence-electron chi connectivity index (χ4n) is 5.68. The molecule has 0 aromatic heterocycles. The Morgan fingerprint density at radius 3 is 2.64 bits per heavy atom. The lowest BCUT2D eigenvalue weighted by Gasteiger charge is -2.38.